The molecule has 0 spiro atoms. The summed E-state index contributed by atoms with van der Waals surface area (Å²) in [6.07, 6.45) is 0.882. The Morgan fingerprint density at radius 1 is 1.75 bits per heavy atom. The van der Waals surface area contributed by atoms with Crippen molar-refractivity contribution in [3.8, 4) is 0 Å². The number of amides is 1. The summed E-state index contributed by atoms with van der Waals surface area (Å²) in [6.45, 7) is 4.94. The molecule has 0 rings (SSSR count). The third-order valence-electron chi connectivity index (χ3n) is 1.05. The van der Waals surface area contributed by atoms with Crippen LogP contribution >= 0.6 is 11.6 Å². The molecule has 0 saturated carbocycles. The fourth-order valence-electron chi connectivity index (χ4n) is 0.496. The molecule has 0 heterocycles. The molecule has 0 aliphatic heterocycles. The Morgan fingerprint density at radius 3 is 2.58 bits per heavy atom. The van der Waals surface area contributed by atoms with E-state index in [2.05, 4.69) is 11.6 Å². The zero-order valence-electron chi connectivity index (χ0n) is 6.97. The van der Waals surface area contributed by atoms with Crippen LogP contribution < -0.4 is 0 Å². The van der Waals surface area contributed by atoms with Gasteiger partial charge in [-0.2, -0.15) is 0 Å². The third-order valence-corrected chi connectivity index (χ3v) is 1.13. The molecule has 12 heavy (non-hydrogen) atoms. The van der Waals surface area contributed by atoms with E-state index in [9.17, 15) is 4.79 Å². The lowest BCUT2D eigenvalue weighted by Crippen LogP contribution is -2.25. The fourth-order valence-corrected chi connectivity index (χ4v) is 0.598. The van der Waals surface area contributed by atoms with Gasteiger partial charge in [-0.1, -0.05) is 18.2 Å². The Balaban J connectivity index is 4.41. The molecule has 4 nitrogen and oxygen atoms in total. The van der Waals surface area contributed by atoms with E-state index in [4.69, 9.17) is 17.0 Å². The van der Waals surface area contributed by atoms with Crippen molar-refractivity contribution in [2.24, 2.45) is 4.99 Å². The Labute approximate surface area is 76.0 Å². The van der Waals surface area contributed by atoms with Crippen molar-refractivity contribution in [3.05, 3.63) is 12.3 Å². The summed E-state index contributed by atoms with van der Waals surface area (Å²) < 4.78 is 0. The Morgan fingerprint density at radius 2 is 2.25 bits per heavy atom. The molecule has 0 aromatic heterocycles. The predicted octanol–water partition coefficient (Wildman–Crippen LogP) is 1.22. The summed E-state index contributed by atoms with van der Waals surface area (Å²) in [4.78, 5) is 15.8. The molecular weight excluding hydrogens is 178 g/mol. The topological polar surface area (TPSA) is 56.5 Å². The average Bonchev–Trinajstić information content (AvgIpc) is 2.00. The zero-order valence-corrected chi connectivity index (χ0v) is 7.72. The van der Waals surface area contributed by atoms with E-state index in [1.165, 1.54) is 7.05 Å². The van der Waals surface area contributed by atoms with Gasteiger partial charge in [0, 0.05) is 7.05 Å². The van der Waals surface area contributed by atoms with Crippen molar-refractivity contribution in [3.63, 3.8) is 0 Å². The van der Waals surface area contributed by atoms with Gasteiger partial charge in [0.05, 0.1) is 6.34 Å². The number of halogens is 1. The van der Waals surface area contributed by atoms with Gasteiger partial charge in [-0.15, -0.1) is 0 Å². The molecular formula is C7H10ClN3O. The molecule has 0 bridgehead atoms. The molecule has 66 valence electrons. The largest absolute Gasteiger partial charge is 0.301 e. The normalized spacial score (nSPS) is 10.8. The van der Waals surface area contributed by atoms with E-state index in [1.54, 1.807) is 6.92 Å². The van der Waals surface area contributed by atoms with Crippen molar-refractivity contribution in [1.82, 2.24) is 4.90 Å². The predicted molar refractivity (Wildman–Crippen MR) is 49.7 cm³/mol. The second-order valence-electron chi connectivity index (χ2n) is 2.10. The Hall–Kier alpha value is -1.16. The summed E-state index contributed by atoms with van der Waals surface area (Å²) >= 11 is 5.43. The molecule has 0 atom stereocenters. The fraction of sp³-hybridized carbons (Fsp3) is 0.286. The van der Waals surface area contributed by atoms with Crippen LogP contribution in [-0.4, -0.2) is 29.4 Å². The van der Waals surface area contributed by atoms with E-state index >= 15 is 0 Å². The minimum atomic E-state index is -0.440. The van der Waals surface area contributed by atoms with E-state index in [0.717, 1.165) is 11.2 Å². The highest BCUT2D eigenvalue weighted by atomic mass is 35.5. The van der Waals surface area contributed by atoms with Crippen molar-refractivity contribution >= 4 is 29.0 Å². The zero-order chi connectivity index (χ0) is 9.72. The van der Waals surface area contributed by atoms with E-state index in [0.29, 0.717) is 0 Å². The number of nitrogens with one attached hydrogen (secondary N) is 1. The molecule has 0 aromatic carbocycles. The van der Waals surface area contributed by atoms with Gasteiger partial charge in [0.1, 0.15) is 10.9 Å². The molecule has 0 unspecified atom stereocenters. The standard InChI is InChI=1S/C7H10ClN3O/c1-5(10-6(2)8)7(12)11(3)4-9/h4,9H,1H2,2-3H3. The van der Waals surface area contributed by atoms with Gasteiger partial charge in [0.15, 0.2) is 0 Å². The van der Waals surface area contributed by atoms with Crippen LogP contribution in [0.3, 0.4) is 0 Å². The minimum Gasteiger partial charge on any atom is -0.301 e. The summed E-state index contributed by atoms with van der Waals surface area (Å²) in [5.41, 5.74) is 0.0218. The first-order chi connectivity index (χ1) is 5.49. The van der Waals surface area contributed by atoms with Crippen molar-refractivity contribution in [1.29, 1.82) is 5.41 Å². The van der Waals surface area contributed by atoms with E-state index in [1.807, 2.05) is 0 Å². The van der Waals surface area contributed by atoms with Crippen molar-refractivity contribution < 1.29 is 4.79 Å². The maximum Gasteiger partial charge on any atom is 0.276 e. The molecule has 0 aliphatic rings. The smallest absolute Gasteiger partial charge is 0.276 e. The number of hydrogen-bond donors (Lipinski definition) is 1. The summed E-state index contributed by atoms with van der Waals surface area (Å²) in [6, 6.07) is 0. The first-order valence-corrected chi connectivity index (χ1v) is 3.54. The van der Waals surface area contributed by atoms with Gasteiger partial charge in [-0.3, -0.25) is 10.2 Å². The monoisotopic (exact) mass is 187 g/mol. The number of carbonyl (C=O) groups is 1. The maximum atomic E-state index is 11.1. The lowest BCUT2D eigenvalue weighted by Gasteiger charge is -2.08. The van der Waals surface area contributed by atoms with Crippen LogP contribution in [0.5, 0.6) is 0 Å². The molecule has 0 fully saturated rings. The van der Waals surface area contributed by atoms with Gasteiger partial charge >= 0.3 is 0 Å². The lowest BCUT2D eigenvalue weighted by atomic mass is 10.4. The molecule has 0 aromatic rings. The van der Waals surface area contributed by atoms with Gasteiger partial charge < -0.3 is 4.90 Å². The quantitative estimate of drug-likeness (QED) is 0.403. The van der Waals surface area contributed by atoms with Crippen molar-refractivity contribution in [2.45, 2.75) is 6.92 Å². The highest BCUT2D eigenvalue weighted by Gasteiger charge is 2.09. The number of rotatable bonds is 3. The number of aliphatic imine (C=N–C) groups is 1. The number of hydrogen-bond acceptors (Lipinski definition) is 3. The highest BCUT2D eigenvalue weighted by Crippen LogP contribution is 1.99. The van der Waals surface area contributed by atoms with Crippen LogP contribution in [0, 0.1) is 5.41 Å². The molecule has 0 radical (unpaired) electrons. The second-order valence-corrected chi connectivity index (χ2v) is 2.65. The van der Waals surface area contributed by atoms with Gasteiger partial charge in [0.25, 0.3) is 5.91 Å². The maximum absolute atomic E-state index is 11.1. The van der Waals surface area contributed by atoms with Crippen LogP contribution in [0.4, 0.5) is 0 Å². The first kappa shape index (κ1) is 10.8. The molecule has 5 heteroatoms. The lowest BCUT2D eigenvalue weighted by molar-refractivity contribution is -0.122. The minimum absolute atomic E-state index is 0.0218. The second kappa shape index (κ2) is 4.66. The molecule has 0 saturated heterocycles. The Kier molecular flexibility index (Phi) is 4.21. The van der Waals surface area contributed by atoms with Gasteiger partial charge in [-0.25, -0.2) is 4.99 Å². The van der Waals surface area contributed by atoms with E-state index in [-0.39, 0.29) is 10.9 Å². The molecule has 0 aliphatic carbocycles. The molecule has 1 amide bonds. The number of nitrogens with zero attached hydrogens (tertiary/aromatic N) is 2. The van der Waals surface area contributed by atoms with Gasteiger partial charge in [0.2, 0.25) is 0 Å². The van der Waals surface area contributed by atoms with Crippen LogP contribution in [0.25, 0.3) is 0 Å². The van der Waals surface area contributed by atoms with Crippen LogP contribution in [0.15, 0.2) is 17.3 Å². The van der Waals surface area contributed by atoms with Gasteiger partial charge in [-0.05, 0) is 6.92 Å². The summed E-state index contributed by atoms with van der Waals surface area (Å²) in [5, 5.41) is 7.01. The third kappa shape index (κ3) is 3.30. The van der Waals surface area contributed by atoms with Crippen molar-refractivity contribution in [2.75, 3.05) is 7.05 Å². The highest BCUT2D eigenvalue weighted by molar-refractivity contribution is 6.65. The number of likely N-dealkylation sites (N-methyl/N-ethyl adjacent to an activating group) is 1. The molecule has 1 N–H and O–H groups in total. The average molecular weight is 188 g/mol. The number of carbonyl (C=O) groups excluding carboxylic acids is 1. The van der Waals surface area contributed by atoms with E-state index < -0.39 is 5.91 Å². The first-order valence-electron chi connectivity index (χ1n) is 3.16. The van der Waals surface area contributed by atoms with Crippen LogP contribution in [-0.2, 0) is 4.79 Å². The van der Waals surface area contributed by atoms with Crippen LogP contribution in [0.1, 0.15) is 6.92 Å². The Bertz CT molecular complexity index is 243. The van der Waals surface area contributed by atoms with Crippen LogP contribution in [0.2, 0.25) is 0 Å². The summed E-state index contributed by atoms with van der Waals surface area (Å²) in [5.74, 6) is -0.440. The summed E-state index contributed by atoms with van der Waals surface area (Å²) in [7, 11) is 1.44. The SMILES string of the molecule is C=C(N=C(C)Cl)C(=O)N(C)C=N.